The predicted molar refractivity (Wildman–Crippen MR) is 82.9 cm³/mol. The van der Waals surface area contributed by atoms with E-state index in [-0.39, 0.29) is 5.91 Å². The maximum atomic E-state index is 12.3. The van der Waals surface area contributed by atoms with Gasteiger partial charge in [-0.15, -0.1) is 0 Å². The van der Waals surface area contributed by atoms with E-state index in [1.165, 1.54) is 0 Å². The zero-order valence-corrected chi connectivity index (χ0v) is 12.7. The number of halogens is 1. The van der Waals surface area contributed by atoms with Gasteiger partial charge in [0.15, 0.2) is 0 Å². The number of hydrogen-bond acceptors (Lipinski definition) is 3. The molecule has 1 heterocycles. The summed E-state index contributed by atoms with van der Waals surface area (Å²) < 4.78 is 0. The number of nitrogens with zero attached hydrogens (tertiary/aromatic N) is 2. The number of anilines is 1. The molecule has 2 aromatic rings. The second-order valence-electron chi connectivity index (χ2n) is 5.41. The number of aromatic nitrogens is 2. The molecular weight excluding hydrogens is 286 g/mol. The molecule has 1 aliphatic rings. The van der Waals surface area contributed by atoms with E-state index in [0.29, 0.717) is 16.5 Å². The zero-order chi connectivity index (χ0) is 15.0. The first-order valence-electron chi connectivity index (χ1n) is 6.95. The quantitative estimate of drug-likeness (QED) is 0.936. The molecule has 1 aromatic heterocycles. The zero-order valence-electron chi connectivity index (χ0n) is 12.0. The molecule has 0 saturated heterocycles. The standard InChI is InChI=1S/C16H16ClN3O/c1-9-7-12(17)5-6-14(9)20-16(21)13-8-18-15(11-3-4-11)19-10(13)2/h5-8,11H,3-4H2,1-2H3,(H,20,21). The van der Waals surface area contributed by atoms with Crippen LogP contribution in [0.3, 0.4) is 0 Å². The predicted octanol–water partition coefficient (Wildman–Crippen LogP) is 3.88. The van der Waals surface area contributed by atoms with Gasteiger partial charge in [-0.3, -0.25) is 4.79 Å². The minimum atomic E-state index is -0.194. The van der Waals surface area contributed by atoms with Gasteiger partial charge in [0.1, 0.15) is 5.82 Å². The van der Waals surface area contributed by atoms with Crippen molar-refractivity contribution >= 4 is 23.2 Å². The minimum absolute atomic E-state index is 0.194. The van der Waals surface area contributed by atoms with E-state index in [1.54, 1.807) is 18.3 Å². The Morgan fingerprint density at radius 3 is 2.71 bits per heavy atom. The molecule has 0 bridgehead atoms. The van der Waals surface area contributed by atoms with Crippen LogP contribution in [0.2, 0.25) is 5.02 Å². The number of rotatable bonds is 3. The van der Waals surface area contributed by atoms with E-state index in [0.717, 1.165) is 35.6 Å². The Bertz CT molecular complexity index is 711. The van der Waals surface area contributed by atoms with Crippen molar-refractivity contribution in [2.24, 2.45) is 0 Å². The lowest BCUT2D eigenvalue weighted by molar-refractivity contribution is 0.102. The highest BCUT2D eigenvalue weighted by Crippen LogP contribution is 2.37. The van der Waals surface area contributed by atoms with E-state index in [4.69, 9.17) is 11.6 Å². The Kier molecular flexibility index (Phi) is 3.64. The minimum Gasteiger partial charge on any atom is -0.322 e. The Morgan fingerprint density at radius 1 is 1.33 bits per heavy atom. The SMILES string of the molecule is Cc1cc(Cl)ccc1NC(=O)c1cnc(C2CC2)nc1C. The van der Waals surface area contributed by atoms with E-state index in [9.17, 15) is 4.79 Å². The number of benzene rings is 1. The first-order chi connectivity index (χ1) is 10.0. The second kappa shape index (κ2) is 5.45. The van der Waals surface area contributed by atoms with Gasteiger partial charge in [-0.25, -0.2) is 9.97 Å². The molecular formula is C16H16ClN3O. The Labute approximate surface area is 128 Å². The molecule has 0 unspecified atom stereocenters. The molecule has 1 aliphatic carbocycles. The van der Waals surface area contributed by atoms with Crippen LogP contribution >= 0.6 is 11.6 Å². The molecule has 1 N–H and O–H groups in total. The monoisotopic (exact) mass is 301 g/mol. The van der Waals surface area contributed by atoms with Gasteiger partial charge in [0.25, 0.3) is 5.91 Å². The summed E-state index contributed by atoms with van der Waals surface area (Å²) in [6.45, 7) is 3.75. The Hall–Kier alpha value is -1.94. The van der Waals surface area contributed by atoms with Gasteiger partial charge in [-0.2, -0.15) is 0 Å². The summed E-state index contributed by atoms with van der Waals surface area (Å²) in [5.41, 5.74) is 2.89. The van der Waals surface area contributed by atoms with Crippen LogP contribution in [-0.4, -0.2) is 15.9 Å². The highest BCUT2D eigenvalue weighted by Gasteiger charge is 2.27. The third-order valence-electron chi connectivity index (χ3n) is 3.62. The van der Waals surface area contributed by atoms with Gasteiger partial charge in [0.2, 0.25) is 0 Å². The fourth-order valence-electron chi connectivity index (χ4n) is 2.20. The Morgan fingerprint density at radius 2 is 2.10 bits per heavy atom. The van der Waals surface area contributed by atoms with Gasteiger partial charge in [0, 0.05) is 22.8 Å². The number of amides is 1. The molecule has 108 valence electrons. The van der Waals surface area contributed by atoms with Crippen LogP contribution in [0.4, 0.5) is 5.69 Å². The first-order valence-corrected chi connectivity index (χ1v) is 7.33. The van der Waals surface area contributed by atoms with Crippen molar-refractivity contribution in [2.45, 2.75) is 32.6 Å². The average molecular weight is 302 g/mol. The maximum absolute atomic E-state index is 12.3. The molecule has 0 aliphatic heterocycles. The number of nitrogens with one attached hydrogen (secondary N) is 1. The van der Waals surface area contributed by atoms with Crippen LogP contribution in [0.15, 0.2) is 24.4 Å². The lowest BCUT2D eigenvalue weighted by Gasteiger charge is -2.10. The summed E-state index contributed by atoms with van der Waals surface area (Å²) in [6.07, 6.45) is 3.92. The van der Waals surface area contributed by atoms with Gasteiger partial charge < -0.3 is 5.32 Å². The smallest absolute Gasteiger partial charge is 0.259 e. The maximum Gasteiger partial charge on any atom is 0.259 e. The molecule has 1 fully saturated rings. The number of carbonyl (C=O) groups excluding carboxylic acids is 1. The van der Waals surface area contributed by atoms with Gasteiger partial charge >= 0.3 is 0 Å². The molecule has 1 saturated carbocycles. The molecule has 0 spiro atoms. The van der Waals surface area contributed by atoms with Gasteiger partial charge in [0.05, 0.1) is 11.3 Å². The largest absolute Gasteiger partial charge is 0.322 e. The topological polar surface area (TPSA) is 54.9 Å². The third-order valence-corrected chi connectivity index (χ3v) is 3.86. The summed E-state index contributed by atoms with van der Waals surface area (Å²) in [4.78, 5) is 21.1. The summed E-state index contributed by atoms with van der Waals surface area (Å²) >= 11 is 5.92. The van der Waals surface area contributed by atoms with Crippen molar-refractivity contribution < 1.29 is 4.79 Å². The van der Waals surface area contributed by atoms with Crippen LogP contribution in [0.5, 0.6) is 0 Å². The van der Waals surface area contributed by atoms with Crippen LogP contribution < -0.4 is 5.32 Å². The highest BCUT2D eigenvalue weighted by molar-refractivity contribution is 6.30. The first kappa shape index (κ1) is 14.0. The van der Waals surface area contributed by atoms with Crippen LogP contribution in [0.25, 0.3) is 0 Å². The molecule has 1 amide bonds. The van der Waals surface area contributed by atoms with Gasteiger partial charge in [-0.1, -0.05) is 11.6 Å². The number of aryl methyl sites for hydroxylation is 2. The lowest BCUT2D eigenvalue weighted by atomic mass is 10.1. The lowest BCUT2D eigenvalue weighted by Crippen LogP contribution is -2.16. The summed E-state index contributed by atoms with van der Waals surface area (Å²) in [5.74, 6) is 1.14. The molecule has 1 aromatic carbocycles. The van der Waals surface area contributed by atoms with E-state index in [1.807, 2.05) is 19.9 Å². The van der Waals surface area contributed by atoms with Crippen molar-refractivity contribution in [3.05, 3.63) is 52.1 Å². The summed E-state index contributed by atoms with van der Waals surface area (Å²) in [6, 6.07) is 5.37. The van der Waals surface area contributed by atoms with Crippen LogP contribution in [-0.2, 0) is 0 Å². The number of carbonyl (C=O) groups is 1. The molecule has 0 radical (unpaired) electrons. The van der Waals surface area contributed by atoms with E-state index >= 15 is 0 Å². The molecule has 5 heteroatoms. The molecule has 4 nitrogen and oxygen atoms in total. The Balaban J connectivity index is 1.81. The van der Waals surface area contributed by atoms with Crippen molar-refractivity contribution in [1.82, 2.24) is 9.97 Å². The van der Waals surface area contributed by atoms with Crippen LogP contribution in [0.1, 0.15) is 46.2 Å². The highest BCUT2D eigenvalue weighted by atomic mass is 35.5. The van der Waals surface area contributed by atoms with E-state index in [2.05, 4.69) is 15.3 Å². The summed E-state index contributed by atoms with van der Waals surface area (Å²) in [7, 11) is 0. The van der Waals surface area contributed by atoms with E-state index < -0.39 is 0 Å². The fraction of sp³-hybridized carbons (Fsp3) is 0.312. The second-order valence-corrected chi connectivity index (χ2v) is 5.85. The molecule has 3 rings (SSSR count). The van der Waals surface area contributed by atoms with Crippen LogP contribution in [0, 0.1) is 13.8 Å². The van der Waals surface area contributed by atoms with Gasteiger partial charge in [-0.05, 0) is 50.5 Å². The number of hydrogen-bond donors (Lipinski definition) is 1. The van der Waals surface area contributed by atoms with Crippen molar-refractivity contribution in [1.29, 1.82) is 0 Å². The average Bonchev–Trinajstić information content (AvgIpc) is 3.26. The van der Waals surface area contributed by atoms with Crippen molar-refractivity contribution in [3.63, 3.8) is 0 Å². The molecule has 0 atom stereocenters. The third kappa shape index (κ3) is 3.05. The van der Waals surface area contributed by atoms with Crippen molar-refractivity contribution in [3.8, 4) is 0 Å². The van der Waals surface area contributed by atoms with Crippen molar-refractivity contribution in [2.75, 3.05) is 5.32 Å². The summed E-state index contributed by atoms with van der Waals surface area (Å²) in [5, 5.41) is 3.53. The fourth-order valence-corrected chi connectivity index (χ4v) is 2.43. The molecule has 21 heavy (non-hydrogen) atoms. The normalized spacial score (nSPS) is 14.0.